The number of methoxy groups -OCH3 is 2. The Morgan fingerprint density at radius 3 is 2.65 bits per heavy atom. The fraction of sp³-hybridized carbons (Fsp3) is 0.231. The second-order valence-corrected chi connectivity index (χ2v) is 10.1. The number of aromatic nitrogens is 1. The maximum atomic E-state index is 14.1. The monoisotopic (exact) mass is 583 g/mol. The molecule has 1 aromatic heterocycles. The van der Waals surface area contributed by atoms with Crippen LogP contribution in [0.5, 0.6) is 11.5 Å². The van der Waals surface area contributed by atoms with Gasteiger partial charge in [-0.05, 0) is 50.2 Å². The summed E-state index contributed by atoms with van der Waals surface area (Å²) in [6.07, 6.45) is 0. The Hall–Kier alpha value is -3.70. The normalized spacial score (nSPS) is 17.5. The molecule has 5 rings (SSSR count). The number of carbonyl (C=O) groups is 2. The molecule has 2 aromatic carbocycles. The molecule has 0 bridgehead atoms. The lowest BCUT2D eigenvalue weighted by atomic mass is 9.94. The van der Waals surface area contributed by atoms with E-state index in [0.29, 0.717) is 38.8 Å². The number of ether oxygens (including phenoxy) is 3. The molecule has 190 valence electrons. The minimum Gasteiger partial charge on any atom is -0.497 e. The molecule has 0 saturated carbocycles. The second-order valence-electron chi connectivity index (χ2n) is 8.25. The molecule has 9 nitrogen and oxygen atoms in total. The maximum absolute atomic E-state index is 14.1. The SMILES string of the molecule is CCOC(=O)C1=C(C)N=c2s/c(=C3\C(=O)Nc4ccc(Br)cc43)c(=O)n2[C@H]1c1cc(OC)ccc1OC. The number of halogens is 1. The standard InChI is InChI=1S/C26H22BrN3O6S/c1-5-36-25(33)19-12(2)28-26-30(21(19)16-11-14(34-3)7-9-18(16)35-4)24(32)22(37-26)20-15-10-13(27)6-8-17(15)29-23(20)31/h6-11,21H,5H2,1-4H3,(H,29,31)/b22-20-/t21-/m0/s1. The number of fused-ring (bicyclic) bond motifs is 2. The molecule has 2 aliphatic heterocycles. The highest BCUT2D eigenvalue weighted by molar-refractivity contribution is 9.10. The number of anilines is 1. The van der Waals surface area contributed by atoms with Gasteiger partial charge in [0, 0.05) is 21.3 Å². The predicted octanol–water partition coefficient (Wildman–Crippen LogP) is 2.90. The number of rotatable bonds is 5. The molecular formula is C26H22BrN3O6S. The average Bonchev–Trinajstić information content (AvgIpc) is 3.37. The average molecular weight is 584 g/mol. The predicted molar refractivity (Wildman–Crippen MR) is 142 cm³/mol. The van der Waals surface area contributed by atoms with Gasteiger partial charge in [0.2, 0.25) is 0 Å². The molecule has 3 aromatic rings. The molecule has 11 heteroatoms. The van der Waals surface area contributed by atoms with Crippen LogP contribution in [0.2, 0.25) is 0 Å². The Morgan fingerprint density at radius 2 is 1.95 bits per heavy atom. The molecule has 0 fully saturated rings. The van der Waals surface area contributed by atoms with Gasteiger partial charge in [-0.1, -0.05) is 27.3 Å². The number of thiazole rings is 1. The van der Waals surface area contributed by atoms with Crippen LogP contribution in [0, 0.1) is 0 Å². The third kappa shape index (κ3) is 4.08. The van der Waals surface area contributed by atoms with Crippen molar-refractivity contribution >= 4 is 50.4 Å². The fourth-order valence-corrected chi connectivity index (χ4v) is 6.06. The van der Waals surface area contributed by atoms with E-state index < -0.39 is 17.6 Å². The Morgan fingerprint density at radius 1 is 1.16 bits per heavy atom. The van der Waals surface area contributed by atoms with Crippen LogP contribution in [0.3, 0.4) is 0 Å². The van der Waals surface area contributed by atoms with Gasteiger partial charge in [0.1, 0.15) is 22.1 Å². The molecule has 1 N–H and O–H groups in total. The summed E-state index contributed by atoms with van der Waals surface area (Å²) >= 11 is 4.54. The van der Waals surface area contributed by atoms with Crippen LogP contribution >= 0.6 is 27.3 Å². The Kier molecular flexibility index (Phi) is 6.50. The van der Waals surface area contributed by atoms with Crippen molar-refractivity contribution in [3.05, 3.63) is 83.0 Å². The first-order chi connectivity index (χ1) is 17.8. The van der Waals surface area contributed by atoms with Crippen molar-refractivity contribution in [2.75, 3.05) is 26.1 Å². The molecule has 1 amide bonds. The van der Waals surface area contributed by atoms with Crippen LogP contribution in [-0.4, -0.2) is 37.3 Å². The maximum Gasteiger partial charge on any atom is 0.338 e. The number of carbonyl (C=O) groups excluding carboxylic acids is 2. The lowest BCUT2D eigenvalue weighted by Crippen LogP contribution is -2.40. The van der Waals surface area contributed by atoms with Gasteiger partial charge >= 0.3 is 5.97 Å². The minimum atomic E-state index is -0.916. The highest BCUT2D eigenvalue weighted by Crippen LogP contribution is 2.38. The van der Waals surface area contributed by atoms with E-state index in [1.165, 1.54) is 18.8 Å². The quantitative estimate of drug-likeness (QED) is 0.463. The number of nitrogens with zero attached hydrogens (tertiary/aromatic N) is 2. The van der Waals surface area contributed by atoms with Crippen LogP contribution in [-0.2, 0) is 14.3 Å². The summed E-state index contributed by atoms with van der Waals surface area (Å²) in [7, 11) is 3.04. The van der Waals surface area contributed by atoms with Crippen molar-refractivity contribution in [1.82, 2.24) is 4.57 Å². The number of benzene rings is 2. The third-order valence-electron chi connectivity index (χ3n) is 6.18. The van der Waals surface area contributed by atoms with Crippen LogP contribution in [0.1, 0.15) is 31.0 Å². The van der Waals surface area contributed by atoms with Gasteiger partial charge in [0.25, 0.3) is 11.5 Å². The molecule has 37 heavy (non-hydrogen) atoms. The number of allylic oxidation sites excluding steroid dienone is 1. The van der Waals surface area contributed by atoms with Gasteiger partial charge in [-0.25, -0.2) is 9.79 Å². The van der Waals surface area contributed by atoms with E-state index in [1.54, 1.807) is 44.2 Å². The van der Waals surface area contributed by atoms with Crippen molar-refractivity contribution in [3.63, 3.8) is 0 Å². The summed E-state index contributed by atoms with van der Waals surface area (Å²) in [5.41, 5.74) is 2.17. The molecule has 2 aliphatic rings. The van der Waals surface area contributed by atoms with E-state index in [-0.39, 0.29) is 28.2 Å². The van der Waals surface area contributed by atoms with Crippen molar-refractivity contribution < 1.29 is 23.8 Å². The highest BCUT2D eigenvalue weighted by atomic mass is 79.9. The summed E-state index contributed by atoms with van der Waals surface area (Å²) < 4.78 is 18.8. The van der Waals surface area contributed by atoms with Crippen LogP contribution in [0.4, 0.5) is 5.69 Å². The number of hydrogen-bond acceptors (Lipinski definition) is 8. The highest BCUT2D eigenvalue weighted by Gasteiger charge is 2.36. The molecule has 1 atom stereocenters. The summed E-state index contributed by atoms with van der Waals surface area (Å²) in [5, 5.41) is 2.82. The molecule has 0 spiro atoms. The lowest BCUT2D eigenvalue weighted by Gasteiger charge is -2.26. The van der Waals surface area contributed by atoms with Gasteiger partial charge in [-0.2, -0.15) is 0 Å². The van der Waals surface area contributed by atoms with Crippen LogP contribution in [0.15, 0.2) is 61.9 Å². The van der Waals surface area contributed by atoms with E-state index in [2.05, 4.69) is 26.2 Å². The smallest absolute Gasteiger partial charge is 0.338 e. The topological polar surface area (TPSA) is 108 Å². The van der Waals surface area contributed by atoms with Crippen molar-refractivity contribution in [1.29, 1.82) is 0 Å². The van der Waals surface area contributed by atoms with Crippen molar-refractivity contribution in [3.8, 4) is 11.5 Å². The van der Waals surface area contributed by atoms with Crippen molar-refractivity contribution in [2.45, 2.75) is 19.9 Å². The molecule has 0 unspecified atom stereocenters. The van der Waals surface area contributed by atoms with Crippen LogP contribution < -0.4 is 29.7 Å². The zero-order chi connectivity index (χ0) is 26.4. The van der Waals surface area contributed by atoms with Gasteiger partial charge < -0.3 is 19.5 Å². The number of nitrogens with one attached hydrogen (secondary N) is 1. The first-order valence-electron chi connectivity index (χ1n) is 11.3. The van der Waals surface area contributed by atoms with Gasteiger partial charge in [0.15, 0.2) is 4.80 Å². The summed E-state index contributed by atoms with van der Waals surface area (Å²) in [4.78, 5) is 45.2. The zero-order valence-electron chi connectivity index (χ0n) is 20.4. The first kappa shape index (κ1) is 25.0. The van der Waals surface area contributed by atoms with Crippen LogP contribution in [0.25, 0.3) is 5.57 Å². The Labute approximate surface area is 223 Å². The number of amides is 1. The molecule has 3 heterocycles. The van der Waals surface area contributed by atoms with Gasteiger partial charge in [-0.3, -0.25) is 14.2 Å². The number of hydrogen-bond donors (Lipinski definition) is 1. The minimum absolute atomic E-state index is 0.151. The van der Waals surface area contributed by atoms with E-state index in [0.717, 1.165) is 15.8 Å². The van der Waals surface area contributed by atoms with E-state index >= 15 is 0 Å². The largest absolute Gasteiger partial charge is 0.497 e. The fourth-order valence-electron chi connectivity index (χ4n) is 4.55. The van der Waals surface area contributed by atoms with Gasteiger partial charge in [0.05, 0.1) is 37.7 Å². The Balaban J connectivity index is 1.86. The van der Waals surface area contributed by atoms with Gasteiger partial charge in [-0.15, -0.1) is 0 Å². The third-order valence-corrected chi connectivity index (χ3v) is 7.72. The summed E-state index contributed by atoms with van der Waals surface area (Å²) in [6, 6.07) is 9.62. The molecule has 0 saturated heterocycles. The first-order valence-corrected chi connectivity index (χ1v) is 12.9. The molecule has 0 aliphatic carbocycles. The molecular weight excluding hydrogens is 562 g/mol. The summed E-state index contributed by atoms with van der Waals surface area (Å²) in [6.45, 7) is 3.55. The van der Waals surface area contributed by atoms with E-state index in [4.69, 9.17) is 14.2 Å². The lowest BCUT2D eigenvalue weighted by molar-refractivity contribution is -0.139. The van der Waals surface area contributed by atoms with E-state index in [9.17, 15) is 14.4 Å². The second kappa shape index (κ2) is 9.64. The Bertz CT molecular complexity index is 1690. The van der Waals surface area contributed by atoms with E-state index in [1.807, 2.05) is 6.07 Å². The van der Waals surface area contributed by atoms with Crippen molar-refractivity contribution in [2.24, 2.45) is 4.99 Å². The summed E-state index contributed by atoms with van der Waals surface area (Å²) in [5.74, 6) is 0.000605. The zero-order valence-corrected chi connectivity index (χ0v) is 22.8. The molecule has 0 radical (unpaired) electrons. The number of esters is 1.